The van der Waals surface area contributed by atoms with Crippen LogP contribution in [0.25, 0.3) is 0 Å². The van der Waals surface area contributed by atoms with Gasteiger partial charge in [0.05, 0.1) is 5.69 Å². The number of nitrogens with two attached hydrogens (primary N) is 1. The van der Waals surface area contributed by atoms with E-state index in [-0.39, 0.29) is 11.5 Å². The molecule has 146 valence electrons. The minimum atomic E-state index is -0.185. The smallest absolute Gasteiger partial charge is 0.205 e. The molecule has 1 aromatic heterocycles. The van der Waals surface area contributed by atoms with Crippen LogP contribution in [0.1, 0.15) is 20.8 Å². The molecule has 7 heteroatoms. The Balaban J connectivity index is 1.57. The molecule has 0 unspecified atom stereocenters. The zero-order valence-corrected chi connectivity index (χ0v) is 17.2. The molecule has 1 fully saturated rings. The zero-order valence-electron chi connectivity index (χ0n) is 15.6. The summed E-state index contributed by atoms with van der Waals surface area (Å²) in [5.74, 6) is -0.185. The Hall–Kier alpha value is -3.01. The van der Waals surface area contributed by atoms with Crippen molar-refractivity contribution in [3.63, 3.8) is 0 Å². The molecular formula is C22H19ClN4OS. The first kappa shape index (κ1) is 19.3. The van der Waals surface area contributed by atoms with Gasteiger partial charge in [0.1, 0.15) is 21.5 Å². The summed E-state index contributed by atoms with van der Waals surface area (Å²) in [4.78, 5) is 17.8. The summed E-state index contributed by atoms with van der Waals surface area (Å²) in [5, 5.41) is 11.0. The van der Waals surface area contributed by atoms with E-state index in [2.05, 4.69) is 28.0 Å². The number of para-hydroxylation sites is 1. The molecule has 4 rings (SSSR count). The number of hydrogen-bond donors (Lipinski definition) is 1. The molecule has 5 nitrogen and oxygen atoms in total. The van der Waals surface area contributed by atoms with Crippen LogP contribution in [0.15, 0.2) is 54.6 Å². The lowest BCUT2D eigenvalue weighted by molar-refractivity contribution is 0.104. The van der Waals surface area contributed by atoms with Crippen LogP contribution in [-0.4, -0.2) is 32.0 Å². The van der Waals surface area contributed by atoms with Crippen molar-refractivity contribution >= 4 is 45.1 Å². The highest BCUT2D eigenvalue weighted by Crippen LogP contribution is 2.39. The molecule has 0 radical (unpaired) electrons. The molecule has 0 atom stereocenters. The number of rotatable bonds is 4. The largest absolute Gasteiger partial charge is 0.396 e. The van der Waals surface area contributed by atoms with E-state index in [1.807, 2.05) is 18.2 Å². The number of ketones is 1. The first-order valence-electron chi connectivity index (χ1n) is 9.26. The lowest BCUT2D eigenvalue weighted by Crippen LogP contribution is -2.46. The molecule has 0 amide bonds. The Kier molecular flexibility index (Phi) is 5.43. The molecule has 3 aromatic rings. The Bertz CT molecular complexity index is 1060. The van der Waals surface area contributed by atoms with Gasteiger partial charge in [0.15, 0.2) is 0 Å². The fourth-order valence-electron chi connectivity index (χ4n) is 3.47. The van der Waals surface area contributed by atoms with Gasteiger partial charge in [-0.1, -0.05) is 29.8 Å². The second-order valence-electron chi connectivity index (χ2n) is 6.78. The van der Waals surface area contributed by atoms with Gasteiger partial charge < -0.3 is 15.5 Å². The molecule has 0 spiro atoms. The second kappa shape index (κ2) is 8.16. The van der Waals surface area contributed by atoms with E-state index in [1.165, 1.54) is 17.0 Å². The van der Waals surface area contributed by atoms with Gasteiger partial charge in [0.25, 0.3) is 0 Å². The Morgan fingerprint density at radius 3 is 2.24 bits per heavy atom. The maximum Gasteiger partial charge on any atom is 0.205 e. The van der Waals surface area contributed by atoms with Crippen molar-refractivity contribution in [3.8, 4) is 6.07 Å². The fraction of sp³-hybridized carbons (Fsp3) is 0.182. The van der Waals surface area contributed by atoms with Gasteiger partial charge in [0.2, 0.25) is 5.78 Å². The van der Waals surface area contributed by atoms with Crippen molar-refractivity contribution in [2.24, 2.45) is 0 Å². The minimum Gasteiger partial charge on any atom is -0.396 e. The SMILES string of the molecule is N#Cc1c(N2CCN(c3ccccc3)CC2)sc(C(=O)c2ccc(Cl)cc2)c1N. The van der Waals surface area contributed by atoms with Crippen LogP contribution in [-0.2, 0) is 0 Å². The van der Waals surface area contributed by atoms with Crippen molar-refractivity contribution < 1.29 is 4.79 Å². The van der Waals surface area contributed by atoms with Gasteiger partial charge in [-0.05, 0) is 36.4 Å². The lowest BCUT2D eigenvalue weighted by atomic mass is 10.1. The Labute approximate surface area is 178 Å². The predicted molar refractivity (Wildman–Crippen MR) is 119 cm³/mol. The number of nitrogens with zero attached hydrogens (tertiary/aromatic N) is 3. The van der Waals surface area contributed by atoms with Crippen LogP contribution >= 0.6 is 22.9 Å². The van der Waals surface area contributed by atoms with E-state index in [0.717, 1.165) is 31.2 Å². The van der Waals surface area contributed by atoms with E-state index in [0.29, 0.717) is 21.0 Å². The predicted octanol–water partition coefficient (Wildman–Crippen LogP) is 4.41. The molecule has 0 aliphatic carbocycles. The summed E-state index contributed by atoms with van der Waals surface area (Å²) in [5.41, 5.74) is 8.56. The van der Waals surface area contributed by atoms with Crippen molar-refractivity contribution in [1.29, 1.82) is 5.26 Å². The quantitative estimate of drug-likeness (QED) is 0.630. The molecule has 1 aliphatic rings. The summed E-state index contributed by atoms with van der Waals surface area (Å²) in [6, 6.07) is 19.2. The molecule has 0 bridgehead atoms. The van der Waals surface area contributed by atoms with Crippen LogP contribution in [0, 0.1) is 11.3 Å². The number of piperazine rings is 1. The average molecular weight is 423 g/mol. The van der Waals surface area contributed by atoms with Crippen molar-refractivity contribution in [2.75, 3.05) is 41.7 Å². The van der Waals surface area contributed by atoms with Gasteiger partial charge in [-0.3, -0.25) is 4.79 Å². The number of carbonyl (C=O) groups is 1. The maximum atomic E-state index is 12.9. The van der Waals surface area contributed by atoms with E-state index in [9.17, 15) is 10.1 Å². The normalized spacial score (nSPS) is 13.9. The van der Waals surface area contributed by atoms with Crippen LogP contribution in [0.5, 0.6) is 0 Å². The number of carbonyl (C=O) groups excluding carboxylic acids is 1. The fourth-order valence-corrected chi connectivity index (χ4v) is 4.78. The second-order valence-corrected chi connectivity index (χ2v) is 8.22. The van der Waals surface area contributed by atoms with Crippen molar-refractivity contribution in [2.45, 2.75) is 0 Å². The van der Waals surface area contributed by atoms with Gasteiger partial charge in [-0.2, -0.15) is 5.26 Å². The molecule has 1 saturated heterocycles. The number of nitriles is 1. The van der Waals surface area contributed by atoms with Crippen LogP contribution in [0.2, 0.25) is 5.02 Å². The standard InChI is InChI=1S/C22H19ClN4OS/c23-16-8-6-15(7-9-16)20(28)21-19(25)18(14-24)22(29-21)27-12-10-26(11-13-27)17-4-2-1-3-5-17/h1-9H,10-13,25H2. The van der Waals surface area contributed by atoms with Crippen molar-refractivity contribution in [1.82, 2.24) is 0 Å². The molecule has 2 N–H and O–H groups in total. The topological polar surface area (TPSA) is 73.4 Å². The van der Waals surface area contributed by atoms with E-state index in [1.54, 1.807) is 24.3 Å². The highest BCUT2D eigenvalue weighted by atomic mass is 35.5. The third kappa shape index (κ3) is 3.80. The molecule has 1 aliphatic heterocycles. The molecule has 2 aromatic carbocycles. The summed E-state index contributed by atoms with van der Waals surface area (Å²) in [7, 11) is 0. The lowest BCUT2D eigenvalue weighted by Gasteiger charge is -2.36. The summed E-state index contributed by atoms with van der Waals surface area (Å²) < 4.78 is 0. The van der Waals surface area contributed by atoms with Crippen molar-refractivity contribution in [3.05, 3.63) is 75.6 Å². The monoisotopic (exact) mass is 422 g/mol. The summed E-state index contributed by atoms with van der Waals surface area (Å²) in [6.45, 7) is 3.20. The molecule has 29 heavy (non-hydrogen) atoms. The molecular weight excluding hydrogens is 404 g/mol. The highest BCUT2D eigenvalue weighted by molar-refractivity contribution is 7.19. The van der Waals surface area contributed by atoms with E-state index < -0.39 is 0 Å². The number of benzene rings is 2. The molecule has 2 heterocycles. The zero-order chi connectivity index (χ0) is 20.4. The molecule has 0 saturated carbocycles. The highest BCUT2D eigenvalue weighted by Gasteiger charge is 2.27. The van der Waals surface area contributed by atoms with Gasteiger partial charge >= 0.3 is 0 Å². The Morgan fingerprint density at radius 1 is 1.00 bits per heavy atom. The number of thiophene rings is 1. The van der Waals surface area contributed by atoms with Crippen LogP contribution in [0.4, 0.5) is 16.4 Å². The summed E-state index contributed by atoms with van der Waals surface area (Å²) in [6.07, 6.45) is 0. The third-order valence-corrected chi connectivity index (χ3v) is 6.56. The number of anilines is 3. The average Bonchev–Trinajstić information content (AvgIpc) is 3.10. The first-order valence-corrected chi connectivity index (χ1v) is 10.5. The summed E-state index contributed by atoms with van der Waals surface area (Å²) >= 11 is 7.21. The van der Waals surface area contributed by atoms with Crippen LogP contribution < -0.4 is 15.5 Å². The first-order chi connectivity index (χ1) is 14.1. The maximum absolute atomic E-state index is 12.9. The number of nitrogen functional groups attached to an aromatic ring is 1. The van der Waals surface area contributed by atoms with Gasteiger partial charge in [-0.15, -0.1) is 11.3 Å². The number of halogens is 1. The Morgan fingerprint density at radius 2 is 1.62 bits per heavy atom. The third-order valence-electron chi connectivity index (χ3n) is 5.04. The van der Waals surface area contributed by atoms with Gasteiger partial charge in [-0.25, -0.2) is 0 Å². The van der Waals surface area contributed by atoms with Crippen LogP contribution in [0.3, 0.4) is 0 Å². The minimum absolute atomic E-state index is 0.185. The van der Waals surface area contributed by atoms with Gasteiger partial charge in [0, 0.05) is 42.5 Å². The van der Waals surface area contributed by atoms with E-state index in [4.69, 9.17) is 17.3 Å². The van der Waals surface area contributed by atoms with E-state index >= 15 is 0 Å². The number of hydrogen-bond acceptors (Lipinski definition) is 6.